The van der Waals surface area contributed by atoms with Gasteiger partial charge in [-0.3, -0.25) is 15.0 Å². The second-order valence-corrected chi connectivity index (χ2v) is 10.1. The van der Waals surface area contributed by atoms with Crippen molar-refractivity contribution >= 4 is 39.0 Å². The Morgan fingerprint density at radius 1 is 1.06 bits per heavy atom. The number of nitrogens with one attached hydrogen (secondary N) is 2. The average Bonchev–Trinajstić information content (AvgIpc) is 3.37. The molecule has 11 heteroatoms. The minimum atomic E-state index is -3.53. The van der Waals surface area contributed by atoms with Gasteiger partial charge in [-0.1, -0.05) is 0 Å². The van der Waals surface area contributed by atoms with Gasteiger partial charge in [-0.2, -0.15) is 4.31 Å². The van der Waals surface area contributed by atoms with Crippen molar-refractivity contribution in [2.75, 3.05) is 36.5 Å². The molecule has 2 aliphatic heterocycles. The number of sulfonamides is 1. The zero-order valence-electron chi connectivity index (χ0n) is 18.6. The fourth-order valence-electron chi connectivity index (χ4n) is 4.03. The molecule has 180 valence electrons. The third-order valence-corrected chi connectivity index (χ3v) is 7.79. The van der Waals surface area contributed by atoms with Crippen LogP contribution in [0.4, 0.5) is 11.4 Å². The number of carbonyl (C=O) groups is 2. The van der Waals surface area contributed by atoms with Gasteiger partial charge in [0.25, 0.3) is 5.91 Å². The number of rotatable bonds is 7. The molecule has 2 saturated heterocycles. The maximum Gasteiger partial charge on any atom is 0.256 e. The number of amides is 2. The quantitative estimate of drug-likeness (QED) is 0.400. The SMILES string of the molecule is N=C(N)c1ccc(NC(=O)C[C@H]2OCCN(c3ccc(S(=O)(=O)N4CCCC4)cc3)C2=O)cc1. The molecule has 4 rings (SSSR count). The average molecular weight is 486 g/mol. The summed E-state index contributed by atoms with van der Waals surface area (Å²) in [4.78, 5) is 27.2. The van der Waals surface area contributed by atoms with Gasteiger partial charge in [0.15, 0.2) is 0 Å². The van der Waals surface area contributed by atoms with Crippen molar-refractivity contribution in [3.63, 3.8) is 0 Å². The van der Waals surface area contributed by atoms with Gasteiger partial charge in [0.2, 0.25) is 15.9 Å². The highest BCUT2D eigenvalue weighted by molar-refractivity contribution is 7.89. The van der Waals surface area contributed by atoms with E-state index in [9.17, 15) is 18.0 Å². The molecule has 2 aliphatic rings. The molecular weight excluding hydrogens is 458 g/mol. The first kappa shape index (κ1) is 23.9. The molecule has 10 nitrogen and oxygen atoms in total. The van der Waals surface area contributed by atoms with Crippen LogP contribution in [-0.2, 0) is 24.3 Å². The molecule has 0 spiro atoms. The van der Waals surface area contributed by atoms with Crippen LogP contribution in [0.25, 0.3) is 0 Å². The lowest BCUT2D eigenvalue weighted by atomic mass is 10.1. The molecule has 4 N–H and O–H groups in total. The molecule has 0 unspecified atom stereocenters. The monoisotopic (exact) mass is 485 g/mol. The van der Waals surface area contributed by atoms with Crippen molar-refractivity contribution in [3.05, 3.63) is 54.1 Å². The number of hydrogen-bond acceptors (Lipinski definition) is 6. The molecule has 2 fully saturated rings. The van der Waals surface area contributed by atoms with E-state index in [1.54, 1.807) is 36.4 Å². The first-order valence-electron chi connectivity index (χ1n) is 11.0. The third kappa shape index (κ3) is 5.11. The van der Waals surface area contributed by atoms with Gasteiger partial charge in [0.1, 0.15) is 11.9 Å². The van der Waals surface area contributed by atoms with E-state index in [1.165, 1.54) is 21.3 Å². The molecule has 1 atom stereocenters. The lowest BCUT2D eigenvalue weighted by Gasteiger charge is -2.32. The number of nitrogens with two attached hydrogens (primary N) is 1. The predicted molar refractivity (Wildman–Crippen MR) is 127 cm³/mol. The van der Waals surface area contributed by atoms with Crippen LogP contribution in [0.1, 0.15) is 24.8 Å². The summed E-state index contributed by atoms with van der Waals surface area (Å²) in [5.41, 5.74) is 7.04. The summed E-state index contributed by atoms with van der Waals surface area (Å²) in [7, 11) is -3.53. The van der Waals surface area contributed by atoms with Gasteiger partial charge in [-0.15, -0.1) is 0 Å². The highest BCUT2D eigenvalue weighted by atomic mass is 32.2. The molecule has 0 aliphatic carbocycles. The zero-order valence-corrected chi connectivity index (χ0v) is 19.4. The van der Waals surface area contributed by atoms with Gasteiger partial charge >= 0.3 is 0 Å². The molecule has 0 bridgehead atoms. The number of ether oxygens (including phenoxy) is 1. The van der Waals surface area contributed by atoms with Crippen molar-refractivity contribution < 1.29 is 22.7 Å². The Morgan fingerprint density at radius 3 is 2.32 bits per heavy atom. The second kappa shape index (κ2) is 9.92. The van der Waals surface area contributed by atoms with Gasteiger partial charge < -0.3 is 20.7 Å². The van der Waals surface area contributed by atoms with E-state index in [4.69, 9.17) is 15.9 Å². The fourth-order valence-corrected chi connectivity index (χ4v) is 5.55. The molecule has 0 saturated carbocycles. The number of benzene rings is 2. The van der Waals surface area contributed by atoms with E-state index in [-0.39, 0.29) is 35.6 Å². The Morgan fingerprint density at radius 2 is 1.71 bits per heavy atom. The minimum Gasteiger partial charge on any atom is -0.384 e. The Labute approximate surface area is 198 Å². The minimum absolute atomic E-state index is 0.0687. The number of anilines is 2. The van der Waals surface area contributed by atoms with Crippen LogP contribution in [0.5, 0.6) is 0 Å². The van der Waals surface area contributed by atoms with Crippen LogP contribution in [0, 0.1) is 5.41 Å². The van der Waals surface area contributed by atoms with E-state index in [2.05, 4.69) is 5.32 Å². The van der Waals surface area contributed by atoms with Crippen LogP contribution in [0.2, 0.25) is 0 Å². The summed E-state index contributed by atoms with van der Waals surface area (Å²) in [5.74, 6) is -0.813. The number of nitrogens with zero attached hydrogens (tertiary/aromatic N) is 2. The Balaban J connectivity index is 1.39. The molecule has 2 amide bonds. The van der Waals surface area contributed by atoms with Crippen LogP contribution in [0.15, 0.2) is 53.4 Å². The maximum atomic E-state index is 13.0. The topological polar surface area (TPSA) is 146 Å². The standard InChI is InChI=1S/C23H27N5O5S/c24-22(25)16-3-5-17(6-4-16)26-21(29)15-20-23(30)28(13-14-33-20)18-7-9-19(10-8-18)34(31,32)27-11-1-2-12-27/h3-10,20H,1-2,11-15H2,(H3,24,25)(H,26,29)/t20-/m1/s1. The van der Waals surface area contributed by atoms with Crippen LogP contribution in [-0.4, -0.2) is 62.7 Å². The largest absolute Gasteiger partial charge is 0.384 e. The number of carbonyl (C=O) groups excluding carboxylic acids is 2. The molecule has 0 radical (unpaired) electrons. The summed E-state index contributed by atoms with van der Waals surface area (Å²) >= 11 is 0. The highest BCUT2D eigenvalue weighted by Crippen LogP contribution is 2.25. The summed E-state index contributed by atoms with van der Waals surface area (Å²) < 4.78 is 32.5. The highest BCUT2D eigenvalue weighted by Gasteiger charge is 2.33. The Kier molecular flexibility index (Phi) is 6.96. The Bertz CT molecular complexity index is 1180. The summed E-state index contributed by atoms with van der Waals surface area (Å²) in [5, 5.41) is 10.1. The summed E-state index contributed by atoms with van der Waals surface area (Å²) in [6, 6.07) is 12.7. The number of morpholine rings is 1. The van der Waals surface area contributed by atoms with Crippen molar-refractivity contribution in [2.24, 2.45) is 5.73 Å². The lowest BCUT2D eigenvalue weighted by Crippen LogP contribution is -2.49. The first-order chi connectivity index (χ1) is 16.3. The molecule has 34 heavy (non-hydrogen) atoms. The van der Waals surface area contributed by atoms with Crippen LogP contribution >= 0.6 is 0 Å². The van der Waals surface area contributed by atoms with Gasteiger partial charge in [-0.05, 0) is 61.4 Å². The fraction of sp³-hybridized carbons (Fsp3) is 0.348. The van der Waals surface area contributed by atoms with E-state index in [1.807, 2.05) is 0 Å². The summed E-state index contributed by atoms with van der Waals surface area (Å²) in [6.45, 7) is 1.61. The predicted octanol–water partition coefficient (Wildman–Crippen LogP) is 1.52. The number of hydrogen-bond donors (Lipinski definition) is 3. The van der Waals surface area contributed by atoms with E-state index >= 15 is 0 Å². The molecule has 0 aromatic heterocycles. The van der Waals surface area contributed by atoms with Crippen molar-refractivity contribution in [2.45, 2.75) is 30.3 Å². The lowest BCUT2D eigenvalue weighted by molar-refractivity contribution is -0.137. The molecule has 2 heterocycles. The van der Waals surface area contributed by atoms with Gasteiger partial charge in [-0.25, -0.2) is 8.42 Å². The smallest absolute Gasteiger partial charge is 0.256 e. The van der Waals surface area contributed by atoms with E-state index in [0.717, 1.165) is 12.8 Å². The molecule has 2 aromatic carbocycles. The first-order valence-corrected chi connectivity index (χ1v) is 12.5. The van der Waals surface area contributed by atoms with Gasteiger partial charge in [0.05, 0.1) is 17.9 Å². The van der Waals surface area contributed by atoms with E-state index in [0.29, 0.717) is 36.6 Å². The molecular formula is C23H27N5O5S. The normalized spacial score (nSPS) is 19.2. The van der Waals surface area contributed by atoms with Crippen molar-refractivity contribution in [1.82, 2.24) is 4.31 Å². The van der Waals surface area contributed by atoms with Crippen LogP contribution in [0.3, 0.4) is 0 Å². The zero-order chi connectivity index (χ0) is 24.3. The number of amidine groups is 1. The third-order valence-electron chi connectivity index (χ3n) is 5.88. The van der Waals surface area contributed by atoms with Gasteiger partial charge in [0, 0.05) is 36.6 Å². The second-order valence-electron chi connectivity index (χ2n) is 8.20. The number of nitrogen functional groups attached to an aromatic ring is 1. The Hall–Kier alpha value is -3.28. The van der Waals surface area contributed by atoms with Crippen molar-refractivity contribution in [1.29, 1.82) is 5.41 Å². The molecule has 2 aromatic rings. The maximum absolute atomic E-state index is 13.0. The van der Waals surface area contributed by atoms with Crippen LogP contribution < -0.4 is 16.0 Å². The van der Waals surface area contributed by atoms with E-state index < -0.39 is 16.1 Å². The summed E-state index contributed by atoms with van der Waals surface area (Å²) in [6.07, 6.45) is 0.611. The van der Waals surface area contributed by atoms with Crippen molar-refractivity contribution in [3.8, 4) is 0 Å².